The van der Waals surface area contributed by atoms with E-state index in [1.165, 1.54) is 19.2 Å². The zero-order chi connectivity index (χ0) is 19.8. The van der Waals surface area contributed by atoms with Gasteiger partial charge in [0.2, 0.25) is 0 Å². The Hall–Kier alpha value is -2.03. The van der Waals surface area contributed by atoms with Crippen LogP contribution in [0.3, 0.4) is 0 Å². The molecule has 0 aliphatic carbocycles. The monoisotopic (exact) mass is 399 g/mol. The van der Waals surface area contributed by atoms with E-state index in [1.54, 1.807) is 0 Å². The number of hydrogen-bond donors (Lipinski definition) is 2. The molecule has 150 valence electrons. The number of methoxy groups -OCH3 is 1. The van der Waals surface area contributed by atoms with E-state index in [0.29, 0.717) is 41.7 Å². The van der Waals surface area contributed by atoms with E-state index in [4.69, 9.17) is 31.5 Å². The lowest BCUT2D eigenvalue weighted by Gasteiger charge is -2.31. The fourth-order valence-corrected chi connectivity index (χ4v) is 3.00. The molecule has 0 saturated carbocycles. The van der Waals surface area contributed by atoms with Crippen LogP contribution < -0.4 is 15.8 Å². The first kappa shape index (κ1) is 21.3. The molecule has 3 N–H and O–H groups in total. The molecule has 0 radical (unpaired) electrons. The zero-order valence-corrected chi connectivity index (χ0v) is 16.4. The summed E-state index contributed by atoms with van der Waals surface area (Å²) in [6.07, 6.45) is 1.46. The van der Waals surface area contributed by atoms with Gasteiger partial charge < -0.3 is 25.3 Å². The molecule has 1 aliphatic heterocycles. The lowest BCUT2D eigenvalue weighted by Crippen LogP contribution is -2.46. The van der Waals surface area contributed by atoms with Gasteiger partial charge in [-0.1, -0.05) is 11.6 Å². The van der Waals surface area contributed by atoms with Gasteiger partial charge in [-0.15, -0.1) is 0 Å². The zero-order valence-electron chi connectivity index (χ0n) is 15.6. The number of ether oxygens (including phenoxy) is 3. The number of anilines is 1. The highest BCUT2D eigenvalue weighted by atomic mass is 35.5. The fraction of sp³-hybridized carbons (Fsp3) is 0.556. The van der Waals surface area contributed by atoms with Gasteiger partial charge in [0.25, 0.3) is 5.91 Å². The van der Waals surface area contributed by atoms with E-state index in [1.807, 2.05) is 11.8 Å². The van der Waals surface area contributed by atoms with Crippen LogP contribution in [-0.4, -0.2) is 63.0 Å². The highest BCUT2D eigenvalue weighted by Gasteiger charge is 2.24. The number of amides is 1. The Balaban J connectivity index is 1.83. The van der Waals surface area contributed by atoms with Crippen molar-refractivity contribution in [2.75, 3.05) is 45.9 Å². The van der Waals surface area contributed by atoms with Gasteiger partial charge in [-0.05, 0) is 25.8 Å². The minimum absolute atomic E-state index is 0.00855. The molecular formula is C18H26ClN3O5. The van der Waals surface area contributed by atoms with Crippen LogP contribution in [0.5, 0.6) is 5.75 Å². The van der Waals surface area contributed by atoms with Crippen molar-refractivity contribution in [3.63, 3.8) is 0 Å². The summed E-state index contributed by atoms with van der Waals surface area (Å²) < 4.78 is 15.2. The number of carbonyl (C=O) groups excluding carboxylic acids is 2. The molecule has 1 aromatic rings. The van der Waals surface area contributed by atoms with Crippen molar-refractivity contribution in [2.45, 2.75) is 25.8 Å². The molecule has 1 aromatic carbocycles. The standard InChI is InChI=1S/C18H26ClN3O5/c1-3-26-11-27-17(23)10-22-6-4-12(5-7-22)21-18(24)13-8-14(19)15(20)9-16(13)25-2/h8-9,12H,3-7,10-11,20H2,1-2H3,(H,21,24). The number of benzene rings is 1. The normalized spacial score (nSPS) is 15.4. The van der Waals surface area contributed by atoms with Crippen molar-refractivity contribution in [2.24, 2.45) is 0 Å². The molecule has 1 amide bonds. The first-order valence-corrected chi connectivity index (χ1v) is 9.22. The summed E-state index contributed by atoms with van der Waals surface area (Å²) in [7, 11) is 1.47. The summed E-state index contributed by atoms with van der Waals surface area (Å²) >= 11 is 6.02. The third-order valence-corrected chi connectivity index (χ3v) is 4.67. The quantitative estimate of drug-likeness (QED) is 0.296. The molecule has 2 rings (SSSR count). The van der Waals surface area contributed by atoms with Gasteiger partial charge in [-0.3, -0.25) is 14.5 Å². The van der Waals surface area contributed by atoms with E-state index in [9.17, 15) is 9.59 Å². The van der Waals surface area contributed by atoms with Crippen molar-refractivity contribution in [1.82, 2.24) is 10.2 Å². The van der Waals surface area contributed by atoms with Crippen LogP contribution in [0.15, 0.2) is 12.1 Å². The van der Waals surface area contributed by atoms with Crippen LogP contribution in [0.4, 0.5) is 5.69 Å². The number of piperidine rings is 1. The molecule has 0 aromatic heterocycles. The minimum atomic E-state index is -0.313. The number of rotatable bonds is 8. The van der Waals surface area contributed by atoms with Crippen LogP contribution >= 0.6 is 11.6 Å². The maximum absolute atomic E-state index is 12.6. The second kappa shape index (κ2) is 10.3. The number of likely N-dealkylation sites (tertiary alicyclic amines) is 1. The van der Waals surface area contributed by atoms with Gasteiger partial charge in [-0.25, -0.2) is 0 Å². The molecule has 27 heavy (non-hydrogen) atoms. The molecule has 9 heteroatoms. The summed E-state index contributed by atoms with van der Waals surface area (Å²) in [5.41, 5.74) is 6.45. The van der Waals surface area contributed by atoms with Gasteiger partial charge in [0.1, 0.15) is 5.75 Å². The Morgan fingerprint density at radius 1 is 1.33 bits per heavy atom. The van der Waals surface area contributed by atoms with E-state index in [0.717, 1.165) is 12.8 Å². The van der Waals surface area contributed by atoms with Gasteiger partial charge in [-0.2, -0.15) is 0 Å². The molecule has 8 nitrogen and oxygen atoms in total. The van der Waals surface area contributed by atoms with E-state index >= 15 is 0 Å². The van der Waals surface area contributed by atoms with Crippen LogP contribution in [0.25, 0.3) is 0 Å². The van der Waals surface area contributed by atoms with Gasteiger partial charge in [0.15, 0.2) is 6.79 Å². The molecular weight excluding hydrogens is 374 g/mol. The highest BCUT2D eigenvalue weighted by molar-refractivity contribution is 6.33. The van der Waals surface area contributed by atoms with Crippen LogP contribution in [0.2, 0.25) is 5.02 Å². The SMILES string of the molecule is CCOCOC(=O)CN1CCC(NC(=O)c2cc(Cl)c(N)cc2OC)CC1. The van der Waals surface area contributed by atoms with Crippen molar-refractivity contribution in [1.29, 1.82) is 0 Å². The van der Waals surface area contributed by atoms with E-state index < -0.39 is 0 Å². The first-order valence-electron chi connectivity index (χ1n) is 8.84. The van der Waals surface area contributed by atoms with Gasteiger partial charge in [0.05, 0.1) is 29.9 Å². The molecule has 1 saturated heterocycles. The average molecular weight is 400 g/mol. The van der Waals surface area contributed by atoms with Crippen LogP contribution in [0, 0.1) is 0 Å². The van der Waals surface area contributed by atoms with Gasteiger partial charge in [0, 0.05) is 31.8 Å². The topological polar surface area (TPSA) is 103 Å². The Labute approximate surface area is 163 Å². The second-order valence-electron chi connectivity index (χ2n) is 6.22. The Bertz CT molecular complexity index is 663. The minimum Gasteiger partial charge on any atom is -0.496 e. The van der Waals surface area contributed by atoms with Crippen molar-refractivity contribution in [3.05, 3.63) is 22.7 Å². The number of carbonyl (C=O) groups is 2. The number of nitrogens with zero attached hydrogens (tertiary/aromatic N) is 1. The van der Waals surface area contributed by atoms with Crippen molar-refractivity contribution < 1.29 is 23.8 Å². The third-order valence-electron chi connectivity index (χ3n) is 4.35. The lowest BCUT2D eigenvalue weighted by molar-refractivity contribution is -0.157. The number of nitrogen functional groups attached to an aromatic ring is 1. The smallest absolute Gasteiger partial charge is 0.322 e. The number of nitrogens with two attached hydrogens (primary N) is 1. The van der Waals surface area contributed by atoms with Crippen LogP contribution in [-0.2, 0) is 14.3 Å². The number of esters is 1. The van der Waals surface area contributed by atoms with Crippen LogP contribution in [0.1, 0.15) is 30.1 Å². The van der Waals surface area contributed by atoms with E-state index in [-0.39, 0.29) is 31.3 Å². The summed E-state index contributed by atoms with van der Waals surface area (Å²) in [5.74, 6) is -0.195. The predicted octanol–water partition coefficient (Wildman–Crippen LogP) is 1.66. The molecule has 0 bridgehead atoms. The Morgan fingerprint density at radius 2 is 2.04 bits per heavy atom. The largest absolute Gasteiger partial charge is 0.496 e. The van der Waals surface area contributed by atoms with Crippen molar-refractivity contribution >= 4 is 29.2 Å². The molecule has 1 fully saturated rings. The Kier molecular flexibility index (Phi) is 8.15. The summed E-state index contributed by atoms with van der Waals surface area (Å²) in [6.45, 7) is 3.91. The maximum Gasteiger partial charge on any atom is 0.322 e. The molecule has 0 spiro atoms. The second-order valence-corrected chi connectivity index (χ2v) is 6.63. The third kappa shape index (κ3) is 6.27. The predicted molar refractivity (Wildman–Crippen MR) is 102 cm³/mol. The summed E-state index contributed by atoms with van der Waals surface area (Å²) in [4.78, 5) is 26.3. The maximum atomic E-state index is 12.6. The number of hydrogen-bond acceptors (Lipinski definition) is 7. The fourth-order valence-electron chi connectivity index (χ4n) is 2.83. The first-order chi connectivity index (χ1) is 12.9. The van der Waals surface area contributed by atoms with Crippen molar-refractivity contribution in [3.8, 4) is 5.75 Å². The number of nitrogens with one attached hydrogen (secondary N) is 1. The number of halogens is 1. The van der Waals surface area contributed by atoms with Gasteiger partial charge >= 0.3 is 5.97 Å². The highest BCUT2D eigenvalue weighted by Crippen LogP contribution is 2.29. The molecule has 0 atom stereocenters. The van der Waals surface area contributed by atoms with E-state index in [2.05, 4.69) is 5.32 Å². The lowest BCUT2D eigenvalue weighted by atomic mass is 10.0. The molecule has 1 aliphatic rings. The summed E-state index contributed by atoms with van der Waals surface area (Å²) in [5, 5.41) is 3.30. The summed E-state index contributed by atoms with van der Waals surface area (Å²) in [6, 6.07) is 3.05. The Morgan fingerprint density at radius 3 is 2.67 bits per heavy atom. The molecule has 0 unspecified atom stereocenters. The average Bonchev–Trinajstić information content (AvgIpc) is 2.65. The molecule has 1 heterocycles.